The van der Waals surface area contributed by atoms with Gasteiger partial charge in [0.2, 0.25) is 5.91 Å². The highest BCUT2D eigenvalue weighted by molar-refractivity contribution is 5.82. The molecule has 90 valence electrons. The third kappa shape index (κ3) is 2.02. The third-order valence-electron chi connectivity index (χ3n) is 3.58. The molecule has 2 unspecified atom stereocenters. The van der Waals surface area contributed by atoms with E-state index < -0.39 is 0 Å². The van der Waals surface area contributed by atoms with Crippen molar-refractivity contribution in [2.24, 2.45) is 5.92 Å². The van der Waals surface area contributed by atoms with Gasteiger partial charge in [0.15, 0.2) is 0 Å². The van der Waals surface area contributed by atoms with Gasteiger partial charge in [0.1, 0.15) is 5.82 Å². The van der Waals surface area contributed by atoms with Gasteiger partial charge in [-0.3, -0.25) is 4.79 Å². The summed E-state index contributed by atoms with van der Waals surface area (Å²) in [4.78, 5) is 22.4. The summed E-state index contributed by atoms with van der Waals surface area (Å²) >= 11 is 0. The third-order valence-corrected chi connectivity index (χ3v) is 3.58. The topological polar surface area (TPSA) is 58.1 Å². The molecule has 1 aromatic heterocycles. The van der Waals surface area contributed by atoms with Crippen molar-refractivity contribution in [3.05, 3.63) is 24.3 Å². The lowest BCUT2D eigenvalue weighted by atomic mass is 9.94. The molecular formula is C12H16N4O. The molecule has 3 heterocycles. The second kappa shape index (κ2) is 4.41. The van der Waals surface area contributed by atoms with Crippen LogP contribution in [0, 0.1) is 5.92 Å². The zero-order valence-corrected chi connectivity index (χ0v) is 9.67. The maximum atomic E-state index is 12.2. The molecule has 2 aliphatic rings. The first-order chi connectivity index (χ1) is 8.34. The molecule has 0 spiro atoms. The van der Waals surface area contributed by atoms with E-state index in [1.807, 2.05) is 4.90 Å². The fourth-order valence-corrected chi connectivity index (χ4v) is 2.73. The lowest BCUT2D eigenvalue weighted by Gasteiger charge is -2.23. The van der Waals surface area contributed by atoms with Crippen molar-refractivity contribution in [2.75, 3.05) is 13.1 Å². The second-order valence-corrected chi connectivity index (χ2v) is 4.69. The maximum Gasteiger partial charge on any atom is 0.227 e. The van der Waals surface area contributed by atoms with Gasteiger partial charge in [0.05, 0.1) is 12.5 Å². The minimum absolute atomic E-state index is 0.174. The molecule has 1 amide bonds. The Morgan fingerprint density at radius 3 is 3.00 bits per heavy atom. The number of hydrogen-bond acceptors (Lipinski definition) is 4. The fraction of sp³-hybridized carbons (Fsp3) is 0.583. The number of carbonyl (C=O) groups is 1. The van der Waals surface area contributed by atoms with Gasteiger partial charge in [-0.1, -0.05) is 0 Å². The standard InChI is InChI=1S/C12H16N4O/c17-12-9-3-1-4-13-10(9)7-16(12)8-11-14-5-2-6-15-11/h2,5-6,9-10,13H,1,3-4,7-8H2. The zero-order valence-electron chi connectivity index (χ0n) is 9.67. The van der Waals surface area contributed by atoms with Gasteiger partial charge in [0, 0.05) is 25.0 Å². The van der Waals surface area contributed by atoms with E-state index in [1.165, 1.54) is 0 Å². The molecule has 5 heteroatoms. The molecule has 0 aromatic carbocycles. The van der Waals surface area contributed by atoms with Gasteiger partial charge in [-0.25, -0.2) is 9.97 Å². The molecule has 1 aromatic rings. The summed E-state index contributed by atoms with van der Waals surface area (Å²) < 4.78 is 0. The van der Waals surface area contributed by atoms with Crippen molar-refractivity contribution in [2.45, 2.75) is 25.4 Å². The van der Waals surface area contributed by atoms with Crippen LogP contribution in [0.5, 0.6) is 0 Å². The van der Waals surface area contributed by atoms with Gasteiger partial charge < -0.3 is 10.2 Å². The van der Waals surface area contributed by atoms with Crippen LogP contribution in [0.15, 0.2) is 18.5 Å². The van der Waals surface area contributed by atoms with E-state index >= 15 is 0 Å². The number of aromatic nitrogens is 2. The Bertz CT molecular complexity index is 408. The minimum Gasteiger partial charge on any atom is -0.333 e. The quantitative estimate of drug-likeness (QED) is 0.790. The number of likely N-dealkylation sites (tertiary alicyclic amines) is 1. The van der Waals surface area contributed by atoms with Gasteiger partial charge in [-0.05, 0) is 25.5 Å². The van der Waals surface area contributed by atoms with Crippen molar-refractivity contribution < 1.29 is 4.79 Å². The Kier molecular flexibility index (Phi) is 2.76. The first kappa shape index (κ1) is 10.7. The molecule has 2 aliphatic heterocycles. The second-order valence-electron chi connectivity index (χ2n) is 4.69. The summed E-state index contributed by atoms with van der Waals surface area (Å²) in [7, 11) is 0. The van der Waals surface area contributed by atoms with Crippen LogP contribution in [0.4, 0.5) is 0 Å². The Hall–Kier alpha value is -1.49. The summed E-state index contributed by atoms with van der Waals surface area (Å²) in [5.74, 6) is 1.15. The van der Waals surface area contributed by atoms with Crippen LogP contribution in [0.3, 0.4) is 0 Å². The number of hydrogen-bond donors (Lipinski definition) is 1. The van der Waals surface area contributed by atoms with Gasteiger partial charge in [-0.15, -0.1) is 0 Å². The molecule has 0 bridgehead atoms. The van der Waals surface area contributed by atoms with E-state index in [4.69, 9.17) is 0 Å². The average Bonchev–Trinajstić information content (AvgIpc) is 2.68. The Morgan fingerprint density at radius 1 is 1.41 bits per heavy atom. The zero-order chi connectivity index (χ0) is 11.7. The van der Waals surface area contributed by atoms with Crippen LogP contribution in [0.1, 0.15) is 18.7 Å². The molecule has 1 N–H and O–H groups in total. The molecular weight excluding hydrogens is 216 g/mol. The molecule has 0 aliphatic carbocycles. The Morgan fingerprint density at radius 2 is 2.24 bits per heavy atom. The monoisotopic (exact) mass is 232 g/mol. The van der Waals surface area contributed by atoms with E-state index in [0.717, 1.165) is 31.8 Å². The van der Waals surface area contributed by atoms with Crippen LogP contribution < -0.4 is 5.32 Å². The summed E-state index contributed by atoms with van der Waals surface area (Å²) in [6.45, 7) is 2.36. The number of carbonyl (C=O) groups excluding carboxylic acids is 1. The van der Waals surface area contributed by atoms with E-state index in [1.54, 1.807) is 18.5 Å². The number of fused-ring (bicyclic) bond motifs is 1. The van der Waals surface area contributed by atoms with Crippen LogP contribution in [0.25, 0.3) is 0 Å². The lowest BCUT2D eigenvalue weighted by Crippen LogP contribution is -2.41. The van der Waals surface area contributed by atoms with Gasteiger partial charge >= 0.3 is 0 Å². The highest BCUT2D eigenvalue weighted by atomic mass is 16.2. The average molecular weight is 232 g/mol. The molecule has 0 radical (unpaired) electrons. The number of amides is 1. The Labute approximate surface area is 100 Å². The highest BCUT2D eigenvalue weighted by Gasteiger charge is 2.41. The van der Waals surface area contributed by atoms with Crippen molar-refractivity contribution in [1.82, 2.24) is 20.2 Å². The molecule has 3 rings (SSSR count). The van der Waals surface area contributed by atoms with E-state index in [2.05, 4.69) is 15.3 Å². The lowest BCUT2D eigenvalue weighted by molar-refractivity contribution is -0.132. The first-order valence-electron chi connectivity index (χ1n) is 6.12. The molecule has 17 heavy (non-hydrogen) atoms. The predicted molar refractivity (Wildman–Crippen MR) is 62.0 cm³/mol. The Balaban J connectivity index is 1.71. The molecule has 5 nitrogen and oxygen atoms in total. The number of nitrogens with zero attached hydrogens (tertiary/aromatic N) is 3. The summed E-state index contributed by atoms with van der Waals surface area (Å²) in [5.41, 5.74) is 0. The minimum atomic E-state index is 0.174. The van der Waals surface area contributed by atoms with Crippen LogP contribution >= 0.6 is 0 Å². The van der Waals surface area contributed by atoms with Gasteiger partial charge in [-0.2, -0.15) is 0 Å². The van der Waals surface area contributed by atoms with Crippen molar-refractivity contribution in [1.29, 1.82) is 0 Å². The number of rotatable bonds is 2. The van der Waals surface area contributed by atoms with Crippen molar-refractivity contribution >= 4 is 5.91 Å². The van der Waals surface area contributed by atoms with E-state index in [0.29, 0.717) is 12.6 Å². The van der Waals surface area contributed by atoms with E-state index in [-0.39, 0.29) is 11.8 Å². The maximum absolute atomic E-state index is 12.2. The molecule has 2 atom stereocenters. The smallest absolute Gasteiger partial charge is 0.227 e. The van der Waals surface area contributed by atoms with Crippen LogP contribution in [-0.2, 0) is 11.3 Å². The number of piperidine rings is 1. The van der Waals surface area contributed by atoms with Crippen molar-refractivity contribution in [3.8, 4) is 0 Å². The summed E-state index contributed by atoms with van der Waals surface area (Å²) in [6.07, 6.45) is 5.55. The van der Waals surface area contributed by atoms with Gasteiger partial charge in [0.25, 0.3) is 0 Å². The summed E-state index contributed by atoms with van der Waals surface area (Å²) in [6, 6.07) is 2.12. The molecule has 0 saturated carbocycles. The molecule has 2 saturated heterocycles. The van der Waals surface area contributed by atoms with Crippen molar-refractivity contribution in [3.63, 3.8) is 0 Å². The number of nitrogens with one attached hydrogen (secondary N) is 1. The summed E-state index contributed by atoms with van der Waals surface area (Å²) in [5, 5.41) is 3.42. The molecule has 2 fully saturated rings. The SMILES string of the molecule is O=C1C2CCCNC2CN1Cc1ncccn1. The largest absolute Gasteiger partial charge is 0.333 e. The van der Waals surface area contributed by atoms with Crippen LogP contribution in [-0.4, -0.2) is 39.9 Å². The van der Waals surface area contributed by atoms with Crippen LogP contribution in [0.2, 0.25) is 0 Å². The first-order valence-corrected chi connectivity index (χ1v) is 6.12. The van der Waals surface area contributed by atoms with E-state index in [9.17, 15) is 4.79 Å². The predicted octanol–water partition coefficient (Wildman–Crippen LogP) is 0.187. The normalized spacial score (nSPS) is 28.2. The highest BCUT2D eigenvalue weighted by Crippen LogP contribution is 2.26. The fourth-order valence-electron chi connectivity index (χ4n) is 2.73.